The minimum atomic E-state index is -1.08. The lowest BCUT2D eigenvalue weighted by atomic mass is 9.81. The first kappa shape index (κ1) is 16.7. The molecular weight excluding hydrogens is 304 g/mol. The lowest BCUT2D eigenvalue weighted by Gasteiger charge is -2.38. The Labute approximate surface area is 143 Å². The molecule has 0 saturated carbocycles. The first-order chi connectivity index (χ1) is 11.4. The van der Waals surface area contributed by atoms with Crippen molar-refractivity contribution in [3.05, 3.63) is 48.2 Å². The number of likely N-dealkylation sites (tertiary alicyclic amines) is 1. The predicted molar refractivity (Wildman–Crippen MR) is 92.6 cm³/mol. The van der Waals surface area contributed by atoms with Crippen LogP contribution in [0.2, 0.25) is 0 Å². The van der Waals surface area contributed by atoms with Gasteiger partial charge < -0.3 is 14.4 Å². The normalized spacial score (nSPS) is 29.5. The molecule has 0 spiro atoms. The summed E-state index contributed by atoms with van der Waals surface area (Å²) < 4.78 is 11.3. The van der Waals surface area contributed by atoms with Crippen LogP contribution in [-0.4, -0.2) is 42.1 Å². The SMILES string of the molecule is COC1=NC=C[C@@]2(OC)C(=O)N(C(C)(C)C)[C@H](c3ccccc3)[C@@H]12. The van der Waals surface area contributed by atoms with Crippen LogP contribution in [0.25, 0.3) is 0 Å². The summed E-state index contributed by atoms with van der Waals surface area (Å²) in [4.78, 5) is 19.7. The van der Waals surface area contributed by atoms with Gasteiger partial charge in [0.15, 0.2) is 11.5 Å². The third kappa shape index (κ3) is 2.26. The molecule has 0 aliphatic carbocycles. The quantitative estimate of drug-likeness (QED) is 0.839. The Morgan fingerprint density at radius 1 is 1.17 bits per heavy atom. The van der Waals surface area contributed by atoms with Crippen molar-refractivity contribution in [2.45, 2.75) is 38.0 Å². The van der Waals surface area contributed by atoms with Crippen LogP contribution in [0, 0.1) is 5.92 Å². The van der Waals surface area contributed by atoms with E-state index in [9.17, 15) is 4.79 Å². The molecule has 1 fully saturated rings. The van der Waals surface area contributed by atoms with Gasteiger partial charge in [0, 0.05) is 18.8 Å². The minimum Gasteiger partial charge on any atom is -0.484 e. The zero-order valence-corrected chi connectivity index (χ0v) is 14.8. The number of amides is 1. The first-order valence-electron chi connectivity index (χ1n) is 8.10. The number of carbonyl (C=O) groups excluding carboxylic acids is 1. The van der Waals surface area contributed by atoms with Gasteiger partial charge in [0.2, 0.25) is 0 Å². The molecule has 0 bridgehead atoms. The summed E-state index contributed by atoms with van der Waals surface area (Å²) in [5.41, 5.74) is -0.404. The number of fused-ring (bicyclic) bond motifs is 1. The predicted octanol–water partition coefficient (Wildman–Crippen LogP) is 2.94. The summed E-state index contributed by atoms with van der Waals surface area (Å²) in [6.07, 6.45) is 3.36. The van der Waals surface area contributed by atoms with Crippen LogP contribution in [0.5, 0.6) is 0 Å². The standard InChI is InChI=1S/C19H24N2O3/c1-18(2,3)21-15(13-9-7-6-8-10-13)14-16(23-4)20-12-11-19(14,24-5)17(21)22/h6-12,14-15H,1-5H3/t14-,15+,19-/m0/s1. The van der Waals surface area contributed by atoms with Gasteiger partial charge >= 0.3 is 0 Å². The van der Waals surface area contributed by atoms with Crippen molar-refractivity contribution in [3.8, 4) is 0 Å². The molecule has 5 nitrogen and oxygen atoms in total. The largest absolute Gasteiger partial charge is 0.484 e. The number of nitrogens with zero attached hydrogens (tertiary/aromatic N) is 2. The van der Waals surface area contributed by atoms with E-state index in [2.05, 4.69) is 4.99 Å². The van der Waals surface area contributed by atoms with E-state index < -0.39 is 5.60 Å². The van der Waals surface area contributed by atoms with Crippen molar-refractivity contribution >= 4 is 11.8 Å². The van der Waals surface area contributed by atoms with Crippen molar-refractivity contribution in [2.24, 2.45) is 10.9 Å². The van der Waals surface area contributed by atoms with Crippen LogP contribution in [0.1, 0.15) is 32.4 Å². The monoisotopic (exact) mass is 328 g/mol. The van der Waals surface area contributed by atoms with Gasteiger partial charge in [0.05, 0.1) is 13.2 Å². The molecule has 0 aromatic heterocycles. The van der Waals surface area contributed by atoms with Crippen LogP contribution in [0.15, 0.2) is 47.6 Å². The molecule has 3 atom stereocenters. The maximum absolute atomic E-state index is 13.4. The van der Waals surface area contributed by atoms with E-state index in [-0.39, 0.29) is 23.4 Å². The Balaban J connectivity index is 2.24. The number of hydrogen-bond acceptors (Lipinski definition) is 4. The summed E-state index contributed by atoms with van der Waals surface area (Å²) >= 11 is 0. The Bertz CT molecular complexity index is 690. The molecule has 1 amide bonds. The molecule has 0 radical (unpaired) electrons. The molecule has 1 aromatic carbocycles. The average molecular weight is 328 g/mol. The Kier molecular flexibility index (Phi) is 4.00. The summed E-state index contributed by atoms with van der Waals surface area (Å²) in [6.45, 7) is 6.11. The second-order valence-electron chi connectivity index (χ2n) is 7.16. The number of aliphatic imine (C=N–C) groups is 1. The van der Waals surface area contributed by atoms with Crippen molar-refractivity contribution in [1.82, 2.24) is 4.90 Å². The summed E-state index contributed by atoms with van der Waals surface area (Å²) in [6, 6.07) is 9.80. The maximum atomic E-state index is 13.4. The zero-order valence-electron chi connectivity index (χ0n) is 14.8. The van der Waals surface area contributed by atoms with Crippen LogP contribution in [-0.2, 0) is 14.3 Å². The van der Waals surface area contributed by atoms with E-state index in [0.29, 0.717) is 5.90 Å². The summed E-state index contributed by atoms with van der Waals surface area (Å²) in [5, 5.41) is 0. The molecule has 1 aromatic rings. The number of rotatable bonds is 2. The minimum absolute atomic E-state index is 0.0583. The van der Waals surface area contributed by atoms with Crippen molar-refractivity contribution in [3.63, 3.8) is 0 Å². The highest BCUT2D eigenvalue weighted by atomic mass is 16.5. The molecule has 1 saturated heterocycles. The molecule has 2 aliphatic heterocycles. The number of ether oxygens (including phenoxy) is 2. The molecule has 2 aliphatic rings. The van der Waals surface area contributed by atoms with Gasteiger partial charge in [-0.25, -0.2) is 4.99 Å². The second kappa shape index (κ2) is 5.74. The van der Waals surface area contributed by atoms with Crippen LogP contribution in [0.3, 0.4) is 0 Å². The van der Waals surface area contributed by atoms with Crippen LogP contribution >= 0.6 is 0 Å². The van der Waals surface area contributed by atoms with E-state index in [0.717, 1.165) is 5.56 Å². The van der Waals surface area contributed by atoms with Gasteiger partial charge in [-0.15, -0.1) is 0 Å². The van der Waals surface area contributed by atoms with Crippen molar-refractivity contribution < 1.29 is 14.3 Å². The van der Waals surface area contributed by atoms with Gasteiger partial charge in [0.25, 0.3) is 5.91 Å². The van der Waals surface area contributed by atoms with Gasteiger partial charge in [0.1, 0.15) is 5.92 Å². The summed E-state index contributed by atoms with van der Waals surface area (Å²) in [5.74, 6) is 0.136. The Hall–Kier alpha value is -2.14. The molecule has 3 rings (SSSR count). The number of methoxy groups -OCH3 is 2. The zero-order chi connectivity index (χ0) is 17.5. The van der Waals surface area contributed by atoms with E-state index in [1.165, 1.54) is 0 Å². The van der Waals surface area contributed by atoms with Crippen molar-refractivity contribution in [1.29, 1.82) is 0 Å². The highest BCUT2D eigenvalue weighted by molar-refractivity contribution is 6.00. The smallest absolute Gasteiger partial charge is 0.260 e. The number of hydrogen-bond donors (Lipinski definition) is 0. The molecule has 0 unspecified atom stereocenters. The third-order valence-electron chi connectivity index (χ3n) is 4.81. The van der Waals surface area contributed by atoms with Crippen LogP contribution < -0.4 is 0 Å². The maximum Gasteiger partial charge on any atom is 0.260 e. The molecule has 128 valence electrons. The Morgan fingerprint density at radius 2 is 1.83 bits per heavy atom. The first-order valence-corrected chi connectivity index (χ1v) is 8.10. The highest BCUT2D eigenvalue weighted by Crippen LogP contribution is 2.51. The lowest BCUT2D eigenvalue weighted by molar-refractivity contribution is -0.147. The van der Waals surface area contributed by atoms with E-state index >= 15 is 0 Å². The molecule has 2 heterocycles. The third-order valence-corrected chi connectivity index (χ3v) is 4.81. The van der Waals surface area contributed by atoms with E-state index in [1.54, 1.807) is 26.5 Å². The molecule has 24 heavy (non-hydrogen) atoms. The average Bonchev–Trinajstić information content (AvgIpc) is 2.85. The topological polar surface area (TPSA) is 51.1 Å². The van der Waals surface area contributed by atoms with E-state index in [1.807, 2.05) is 56.0 Å². The number of carbonyl (C=O) groups is 1. The second-order valence-corrected chi connectivity index (χ2v) is 7.16. The fourth-order valence-electron chi connectivity index (χ4n) is 3.80. The fraction of sp³-hybridized carbons (Fsp3) is 0.474. The van der Waals surface area contributed by atoms with Gasteiger partial charge in [-0.2, -0.15) is 0 Å². The number of benzene rings is 1. The highest BCUT2D eigenvalue weighted by Gasteiger charge is 2.64. The molecular formula is C19H24N2O3. The molecule has 5 heteroatoms. The fourth-order valence-corrected chi connectivity index (χ4v) is 3.80. The van der Waals surface area contributed by atoms with Gasteiger partial charge in [-0.1, -0.05) is 30.3 Å². The Morgan fingerprint density at radius 3 is 2.38 bits per heavy atom. The van der Waals surface area contributed by atoms with E-state index in [4.69, 9.17) is 9.47 Å². The lowest BCUT2D eigenvalue weighted by Crippen LogP contribution is -2.50. The van der Waals surface area contributed by atoms with Crippen molar-refractivity contribution in [2.75, 3.05) is 14.2 Å². The molecule has 0 N–H and O–H groups in total. The summed E-state index contributed by atoms with van der Waals surface area (Å²) in [7, 11) is 3.16. The van der Waals surface area contributed by atoms with Crippen LogP contribution in [0.4, 0.5) is 0 Å². The van der Waals surface area contributed by atoms with Gasteiger partial charge in [-0.3, -0.25) is 4.79 Å². The van der Waals surface area contributed by atoms with Gasteiger partial charge in [-0.05, 0) is 32.4 Å².